The van der Waals surface area contributed by atoms with Crippen molar-refractivity contribution < 1.29 is 53.2 Å². The Morgan fingerprint density at radius 3 is 1.80 bits per heavy atom. The first-order valence-corrected chi connectivity index (χ1v) is 19.2. The van der Waals surface area contributed by atoms with Crippen LogP contribution in [-0.2, 0) is 27.0 Å². The zero-order valence-corrected chi connectivity index (χ0v) is 28.7. The van der Waals surface area contributed by atoms with Crippen molar-refractivity contribution in [3.63, 3.8) is 0 Å². The number of phenolic OH excluding ortho intramolecular Hbond substituents is 2. The first-order valence-electron chi connectivity index (χ1n) is 15.6. The number of hydrogen-bond acceptors (Lipinski definition) is 9. The monoisotopic (exact) mass is 688 g/mol. The minimum atomic E-state index is -4.64. The number of para-hydroxylation sites is 2. The lowest BCUT2D eigenvalue weighted by atomic mass is 10.0. The second kappa shape index (κ2) is 19.4. The van der Waals surface area contributed by atoms with Gasteiger partial charge in [-0.1, -0.05) is 44.0 Å². The molecule has 13 nitrogen and oxygen atoms in total. The van der Waals surface area contributed by atoms with Crippen molar-refractivity contribution in [2.75, 3.05) is 32.3 Å². The molecule has 1 unspecified atom stereocenters. The Bertz CT molecular complexity index is 1330. The number of Topliss-reactive ketones (excluding diaryl/α,β-unsaturated/α-hetero) is 1. The number of rotatable bonds is 23. The van der Waals surface area contributed by atoms with Gasteiger partial charge in [0.1, 0.15) is 18.4 Å². The van der Waals surface area contributed by atoms with Crippen LogP contribution < -0.4 is 9.47 Å². The van der Waals surface area contributed by atoms with Gasteiger partial charge in [-0.15, -0.1) is 0 Å². The molecule has 0 amide bonds. The summed E-state index contributed by atoms with van der Waals surface area (Å²) in [7, 11) is -9.26. The van der Waals surface area contributed by atoms with Crippen LogP contribution in [-0.4, -0.2) is 83.7 Å². The van der Waals surface area contributed by atoms with Crippen LogP contribution in [0.1, 0.15) is 76.8 Å². The summed E-state index contributed by atoms with van der Waals surface area (Å²) < 4.78 is 36.0. The second-order valence-corrected chi connectivity index (χ2v) is 14.5. The molecular formula is C31H50N2O11P2. The summed E-state index contributed by atoms with van der Waals surface area (Å²) in [6.07, 6.45) is 2.71. The van der Waals surface area contributed by atoms with Crippen molar-refractivity contribution in [1.82, 2.24) is 9.80 Å². The zero-order chi connectivity index (χ0) is 34.3. The predicted octanol–water partition coefficient (Wildman–Crippen LogP) is 5.16. The van der Waals surface area contributed by atoms with Gasteiger partial charge in [0, 0.05) is 49.6 Å². The fraction of sp³-hybridized carbons (Fsp3) is 0.581. The van der Waals surface area contributed by atoms with Crippen LogP contribution in [0.25, 0.3) is 0 Å². The van der Waals surface area contributed by atoms with Crippen molar-refractivity contribution in [1.29, 1.82) is 0 Å². The quantitative estimate of drug-likeness (QED) is 0.0662. The molecule has 6 N–H and O–H groups in total. The Morgan fingerprint density at radius 1 is 0.761 bits per heavy atom. The van der Waals surface area contributed by atoms with Gasteiger partial charge >= 0.3 is 15.2 Å². The largest absolute Gasteiger partial charge is 0.504 e. The third-order valence-electron chi connectivity index (χ3n) is 7.25. The number of carbonyl (C=O) groups excluding carboxylic acids is 1. The number of nitrogens with zero attached hydrogens (tertiary/aromatic N) is 2. The molecule has 0 radical (unpaired) electrons. The van der Waals surface area contributed by atoms with Crippen LogP contribution in [0.2, 0.25) is 0 Å². The Balaban J connectivity index is 2.50. The van der Waals surface area contributed by atoms with Gasteiger partial charge in [0.25, 0.3) is 0 Å². The molecule has 1 atom stereocenters. The lowest BCUT2D eigenvalue weighted by Gasteiger charge is -2.36. The molecule has 0 spiro atoms. The molecule has 0 fully saturated rings. The highest BCUT2D eigenvalue weighted by molar-refractivity contribution is 7.51. The zero-order valence-electron chi connectivity index (χ0n) is 27.0. The highest BCUT2D eigenvalue weighted by Crippen LogP contribution is 2.41. The van der Waals surface area contributed by atoms with Gasteiger partial charge in [0.2, 0.25) is 0 Å². The minimum absolute atomic E-state index is 0.0100. The van der Waals surface area contributed by atoms with E-state index < -0.39 is 33.8 Å². The summed E-state index contributed by atoms with van der Waals surface area (Å²) in [6, 6.07) is 8.82. The van der Waals surface area contributed by atoms with Crippen LogP contribution in [0.5, 0.6) is 23.0 Å². The highest BCUT2D eigenvalue weighted by Gasteiger charge is 2.31. The standard InChI is InChI=1S/C31H50N2O11P2/c1-4-12-27(34)16-9-7-8-15-26(33(23-46(40,41)42)20-25-14-11-18-29(36)31(25)44-6-3)21-32(22-45(37,38)39)19-24-13-10-17-28(35)30(24)43-5-2/h10-11,13-14,17-18,26,35-36H,4-9,12,15-16,19-23H2,1-3H3,(H2,37,38,39)(H2,40,41,42). The topological polar surface area (TPSA) is 198 Å². The molecule has 0 aliphatic rings. The first kappa shape index (κ1) is 39.7. The van der Waals surface area contributed by atoms with E-state index in [-0.39, 0.29) is 61.6 Å². The van der Waals surface area contributed by atoms with Gasteiger partial charge in [0.05, 0.1) is 13.2 Å². The molecule has 0 aromatic heterocycles. The molecule has 2 aromatic rings. The predicted molar refractivity (Wildman–Crippen MR) is 175 cm³/mol. The van der Waals surface area contributed by atoms with E-state index in [0.29, 0.717) is 49.7 Å². The van der Waals surface area contributed by atoms with E-state index in [2.05, 4.69) is 0 Å². The summed E-state index contributed by atoms with van der Waals surface area (Å²) in [5.41, 5.74) is 0.968. The molecule has 2 rings (SSSR count). The molecule has 0 saturated carbocycles. The number of hydrogen-bond donors (Lipinski definition) is 6. The number of unbranched alkanes of at least 4 members (excludes halogenated alkanes) is 2. The summed E-state index contributed by atoms with van der Waals surface area (Å²) in [6.45, 7) is 5.84. The average Bonchev–Trinajstić information content (AvgIpc) is 2.94. The number of ketones is 1. The Morgan fingerprint density at radius 2 is 1.30 bits per heavy atom. The van der Waals surface area contributed by atoms with E-state index in [9.17, 15) is 43.7 Å². The van der Waals surface area contributed by atoms with Crippen LogP contribution in [0.15, 0.2) is 36.4 Å². The number of benzene rings is 2. The average molecular weight is 689 g/mol. The van der Waals surface area contributed by atoms with Gasteiger partial charge < -0.3 is 39.3 Å². The van der Waals surface area contributed by atoms with Gasteiger partial charge in [-0.25, -0.2) is 0 Å². The van der Waals surface area contributed by atoms with Crippen molar-refractivity contribution >= 4 is 21.0 Å². The normalized spacial score (nSPS) is 12.9. The van der Waals surface area contributed by atoms with Crippen molar-refractivity contribution in [3.8, 4) is 23.0 Å². The van der Waals surface area contributed by atoms with Gasteiger partial charge in [-0.2, -0.15) is 0 Å². The van der Waals surface area contributed by atoms with Gasteiger partial charge in [0.15, 0.2) is 23.0 Å². The lowest BCUT2D eigenvalue weighted by Crippen LogP contribution is -2.44. The van der Waals surface area contributed by atoms with E-state index in [4.69, 9.17) is 9.47 Å². The number of aromatic hydroxyl groups is 2. The van der Waals surface area contributed by atoms with Crippen LogP contribution in [0.3, 0.4) is 0 Å². The second-order valence-electron chi connectivity index (χ2n) is 11.3. The molecule has 260 valence electrons. The molecule has 2 aromatic carbocycles. The van der Waals surface area contributed by atoms with E-state index in [1.807, 2.05) is 6.92 Å². The van der Waals surface area contributed by atoms with Gasteiger partial charge in [-0.3, -0.25) is 23.7 Å². The maximum Gasteiger partial charge on any atom is 0.339 e. The van der Waals surface area contributed by atoms with E-state index in [1.54, 1.807) is 43.0 Å². The maximum atomic E-state index is 12.4. The van der Waals surface area contributed by atoms with Crippen molar-refractivity contribution in [2.45, 2.75) is 84.8 Å². The van der Waals surface area contributed by atoms with E-state index in [0.717, 1.165) is 6.42 Å². The summed E-state index contributed by atoms with van der Waals surface area (Å²) in [5.74, 6) is 0.294. The molecule has 0 aliphatic heterocycles. The Hall–Kier alpha value is -2.47. The lowest BCUT2D eigenvalue weighted by molar-refractivity contribution is -0.119. The van der Waals surface area contributed by atoms with Crippen LogP contribution in [0, 0.1) is 0 Å². The van der Waals surface area contributed by atoms with Crippen LogP contribution in [0.4, 0.5) is 0 Å². The molecule has 15 heteroatoms. The smallest absolute Gasteiger partial charge is 0.339 e. The SMILES string of the molecule is CCCC(=O)CCCCCC(CN(Cc1cccc(O)c1OCC)CP(=O)(O)O)N(Cc1cccc(O)c1OCC)CP(=O)(O)O. The molecule has 0 aliphatic carbocycles. The maximum absolute atomic E-state index is 12.4. The Labute approximate surface area is 271 Å². The number of phenols is 2. The summed E-state index contributed by atoms with van der Waals surface area (Å²) >= 11 is 0. The van der Waals surface area contributed by atoms with Crippen molar-refractivity contribution in [3.05, 3.63) is 47.5 Å². The molecule has 46 heavy (non-hydrogen) atoms. The van der Waals surface area contributed by atoms with Crippen molar-refractivity contribution in [2.24, 2.45) is 0 Å². The fourth-order valence-electron chi connectivity index (χ4n) is 5.41. The van der Waals surface area contributed by atoms with E-state index in [1.165, 1.54) is 17.0 Å². The summed E-state index contributed by atoms with van der Waals surface area (Å²) in [5, 5.41) is 20.9. The first-order chi connectivity index (χ1) is 21.7. The third kappa shape index (κ3) is 14.5. The summed E-state index contributed by atoms with van der Waals surface area (Å²) in [4.78, 5) is 55.3. The fourth-order valence-corrected chi connectivity index (χ4v) is 6.95. The Kier molecular flexibility index (Phi) is 16.7. The highest BCUT2D eigenvalue weighted by atomic mass is 31.2. The molecule has 0 saturated heterocycles. The molecule has 0 bridgehead atoms. The van der Waals surface area contributed by atoms with E-state index >= 15 is 0 Å². The third-order valence-corrected chi connectivity index (χ3v) is 8.75. The minimum Gasteiger partial charge on any atom is -0.504 e. The van der Waals surface area contributed by atoms with Crippen LogP contribution >= 0.6 is 15.2 Å². The molecular weight excluding hydrogens is 638 g/mol. The number of carbonyl (C=O) groups is 1. The molecule has 0 heterocycles. The van der Waals surface area contributed by atoms with Gasteiger partial charge in [-0.05, 0) is 45.2 Å². The number of ether oxygens (including phenoxy) is 2.